The van der Waals surface area contributed by atoms with Crippen molar-refractivity contribution in [2.75, 3.05) is 20.8 Å². The fraction of sp³-hybridized carbons (Fsp3) is 0.263. The maximum Gasteiger partial charge on any atom is 0.336 e. The summed E-state index contributed by atoms with van der Waals surface area (Å²) in [5.74, 6) is -1.48. The zero-order chi connectivity index (χ0) is 37.8. The van der Waals surface area contributed by atoms with Crippen LogP contribution in [0.4, 0.5) is 5.69 Å². The van der Waals surface area contributed by atoms with Crippen LogP contribution in [0.3, 0.4) is 0 Å². The van der Waals surface area contributed by atoms with Crippen molar-refractivity contribution in [2.24, 2.45) is 5.73 Å². The molecule has 2 atom stereocenters. The topological polar surface area (TPSA) is 209 Å². The highest BCUT2D eigenvalue weighted by atomic mass is 16.6. The number of imidazole rings is 1. The van der Waals surface area contributed by atoms with Gasteiger partial charge in [0, 0.05) is 47.4 Å². The second kappa shape index (κ2) is 18.2. The Morgan fingerprint density at radius 1 is 0.981 bits per heavy atom. The molecule has 0 fully saturated rings. The number of aromatic amines is 1. The number of carbonyl (C=O) groups is 3. The van der Waals surface area contributed by atoms with Crippen molar-refractivity contribution in [1.82, 2.24) is 15.3 Å². The molecule has 0 bridgehead atoms. The van der Waals surface area contributed by atoms with Gasteiger partial charge >= 0.3 is 11.9 Å². The van der Waals surface area contributed by atoms with E-state index in [4.69, 9.17) is 25.1 Å². The summed E-state index contributed by atoms with van der Waals surface area (Å²) in [6.07, 6.45) is 4.21. The van der Waals surface area contributed by atoms with Gasteiger partial charge in [-0.15, -0.1) is 0 Å². The minimum atomic E-state index is -0.970. The van der Waals surface area contributed by atoms with Crippen LogP contribution >= 0.6 is 0 Å². The van der Waals surface area contributed by atoms with Gasteiger partial charge in [0.05, 0.1) is 61.1 Å². The number of nitrogens with one attached hydrogen (secondary N) is 2. The van der Waals surface area contributed by atoms with Gasteiger partial charge in [0.25, 0.3) is 5.69 Å². The molecule has 1 aromatic heterocycles. The van der Waals surface area contributed by atoms with Gasteiger partial charge < -0.3 is 35.4 Å². The largest absolute Gasteiger partial charge is 0.484 e. The molecule has 0 amide bonds. The molecule has 272 valence electrons. The molecule has 4 aromatic rings. The second-order valence-electron chi connectivity index (χ2n) is 11.8. The number of hydrogen-bond acceptors (Lipinski definition) is 12. The summed E-state index contributed by atoms with van der Waals surface area (Å²) in [7, 11) is 2.42. The second-order valence-corrected chi connectivity index (χ2v) is 11.8. The van der Waals surface area contributed by atoms with Gasteiger partial charge in [-0.25, -0.2) is 14.6 Å². The third-order valence-corrected chi connectivity index (χ3v) is 8.29. The Morgan fingerprint density at radius 3 is 2.15 bits per heavy atom. The summed E-state index contributed by atoms with van der Waals surface area (Å²) in [5.41, 5.74) is 9.36. The number of allylic oxidation sites excluding steroid dienone is 2. The number of benzene rings is 3. The number of aliphatic hydroxyl groups is 1. The first kappa shape index (κ1) is 38.7. The van der Waals surface area contributed by atoms with Crippen LogP contribution in [0.15, 0.2) is 114 Å². The van der Waals surface area contributed by atoms with E-state index in [1.807, 2.05) is 54.6 Å². The van der Waals surface area contributed by atoms with Crippen molar-refractivity contribution in [3.8, 4) is 5.75 Å². The number of dihydropyridines is 1. The fourth-order valence-corrected chi connectivity index (χ4v) is 5.83. The Labute approximate surface area is 300 Å². The highest BCUT2D eigenvalue weighted by Crippen LogP contribution is 2.42. The number of Topliss-reactive ketones (excluding diaryl/α,β-unsaturated/α-hetero) is 1. The fourth-order valence-electron chi connectivity index (χ4n) is 5.83. The lowest BCUT2D eigenvalue weighted by molar-refractivity contribution is -0.385. The number of esters is 2. The van der Waals surface area contributed by atoms with Crippen molar-refractivity contribution in [3.05, 3.63) is 146 Å². The van der Waals surface area contributed by atoms with Crippen LogP contribution in [0.1, 0.15) is 59.5 Å². The van der Waals surface area contributed by atoms with E-state index in [0.717, 1.165) is 11.3 Å². The van der Waals surface area contributed by atoms with Gasteiger partial charge in [-0.3, -0.25) is 14.9 Å². The van der Waals surface area contributed by atoms with E-state index < -0.39 is 22.8 Å². The van der Waals surface area contributed by atoms with Crippen LogP contribution in [0, 0.1) is 10.1 Å². The Bertz CT molecular complexity index is 1900. The van der Waals surface area contributed by atoms with E-state index in [9.17, 15) is 24.5 Å². The molecule has 0 radical (unpaired) electrons. The summed E-state index contributed by atoms with van der Waals surface area (Å²) in [4.78, 5) is 54.3. The normalized spacial score (nSPS) is 15.7. The number of aliphatic hydroxyl groups excluding tert-OH is 1. The molecule has 0 saturated heterocycles. The lowest BCUT2D eigenvalue weighted by Crippen LogP contribution is -2.32. The number of nitrogens with two attached hydrogens (primary N) is 1. The Morgan fingerprint density at radius 2 is 1.58 bits per heavy atom. The highest BCUT2D eigenvalue weighted by molar-refractivity contribution is 6.00. The maximum atomic E-state index is 12.3. The number of fused-ring (bicyclic) bond motifs is 1. The Kier molecular flexibility index (Phi) is 13.5. The lowest BCUT2D eigenvalue weighted by atomic mass is 9.79. The van der Waals surface area contributed by atoms with E-state index in [-0.39, 0.29) is 46.9 Å². The average Bonchev–Trinajstić information content (AvgIpc) is 3.67. The number of ketones is 1. The first-order chi connectivity index (χ1) is 25.0. The average molecular weight is 712 g/mol. The van der Waals surface area contributed by atoms with Gasteiger partial charge in [0.1, 0.15) is 11.9 Å². The number of rotatable bonds is 8. The number of H-pyrrole nitrogens is 1. The van der Waals surface area contributed by atoms with E-state index in [1.54, 1.807) is 32.4 Å². The number of hydrogen-bond donors (Lipinski definition) is 4. The molecule has 6 rings (SSSR count). The van der Waals surface area contributed by atoms with E-state index in [1.165, 1.54) is 32.4 Å². The van der Waals surface area contributed by atoms with Crippen molar-refractivity contribution in [3.63, 3.8) is 0 Å². The molecule has 14 heteroatoms. The molecular weight excluding hydrogens is 670 g/mol. The van der Waals surface area contributed by atoms with Gasteiger partial charge in [0.15, 0.2) is 5.78 Å². The van der Waals surface area contributed by atoms with Gasteiger partial charge in [-0.2, -0.15) is 0 Å². The number of para-hydroxylation sites is 2. The smallest absolute Gasteiger partial charge is 0.336 e. The predicted octanol–water partition coefficient (Wildman–Crippen LogP) is 4.84. The van der Waals surface area contributed by atoms with Crippen LogP contribution in [0.25, 0.3) is 0 Å². The van der Waals surface area contributed by atoms with Crippen molar-refractivity contribution in [1.29, 1.82) is 0 Å². The van der Waals surface area contributed by atoms with Gasteiger partial charge in [0.2, 0.25) is 0 Å². The lowest BCUT2D eigenvalue weighted by Gasteiger charge is -2.29. The van der Waals surface area contributed by atoms with Crippen LogP contribution in [0.2, 0.25) is 0 Å². The zero-order valence-electron chi connectivity index (χ0n) is 29.2. The number of aromatic nitrogens is 2. The molecule has 14 nitrogen and oxygen atoms in total. The molecule has 0 spiro atoms. The highest BCUT2D eigenvalue weighted by Gasteiger charge is 2.40. The van der Waals surface area contributed by atoms with Gasteiger partial charge in [-0.05, 0) is 31.5 Å². The van der Waals surface area contributed by atoms with Gasteiger partial charge in [-0.1, -0.05) is 60.7 Å². The molecule has 0 saturated carbocycles. The third-order valence-electron chi connectivity index (χ3n) is 8.29. The summed E-state index contributed by atoms with van der Waals surface area (Å²) in [6.45, 7) is 3.30. The summed E-state index contributed by atoms with van der Waals surface area (Å²) < 4.78 is 15.5. The number of carbonyl (C=O) groups excluding carboxylic acids is 3. The quantitative estimate of drug-likeness (QED) is 0.110. The van der Waals surface area contributed by atoms with Crippen molar-refractivity contribution < 1.29 is 38.6 Å². The van der Waals surface area contributed by atoms with E-state index in [0.29, 0.717) is 35.5 Å². The third kappa shape index (κ3) is 9.35. The number of methoxy groups -OCH3 is 2. The van der Waals surface area contributed by atoms with Crippen LogP contribution in [-0.2, 0) is 25.5 Å². The minimum Gasteiger partial charge on any atom is -0.484 e. The molecule has 3 heterocycles. The zero-order valence-corrected chi connectivity index (χ0v) is 29.2. The van der Waals surface area contributed by atoms with Crippen molar-refractivity contribution >= 4 is 23.4 Å². The van der Waals surface area contributed by atoms with Crippen LogP contribution in [-0.4, -0.2) is 64.6 Å². The minimum absolute atomic E-state index is 0.0129. The Hall–Kier alpha value is -6.12. The molecule has 2 aliphatic rings. The predicted molar refractivity (Wildman–Crippen MR) is 191 cm³/mol. The molecule has 52 heavy (non-hydrogen) atoms. The molecule has 3 aromatic carbocycles. The standard InChI is InChI=1S/C17H18N2O6.C15H12O2.C6H11N3O/c1-9-13(16(20)24-3)15(14(10(2)18-9)17(21)25-4)11-7-5-6-8-12(11)19(22)23;16-13-10-15(11-6-2-1-3-7-11)17-14-9-5-4-8-12(13)14;7-5(3-10)1-6-2-8-4-9-6/h5-8,15,18H,1-4H3;1-9,15H,10H2;2,4-5,10H,1,3,7H2,(H,8,9). The molecule has 2 unspecified atom stereocenters. The molecular formula is C38H41N5O9. The van der Waals surface area contributed by atoms with E-state index in [2.05, 4.69) is 15.3 Å². The first-order valence-electron chi connectivity index (χ1n) is 16.3. The van der Waals surface area contributed by atoms with Crippen molar-refractivity contribution in [2.45, 2.75) is 44.8 Å². The summed E-state index contributed by atoms with van der Waals surface area (Å²) >= 11 is 0. The molecule has 5 N–H and O–H groups in total. The van der Waals surface area contributed by atoms with E-state index >= 15 is 0 Å². The SMILES string of the molecule is COC(=O)C1=C(C)NC(C)=C(C(=O)OC)C1c1ccccc1[N+](=O)[O-].NC(CO)Cc1cnc[nH]1.O=C1CC(c2ccccc2)Oc2ccccc21. The molecule has 2 aliphatic heterocycles. The van der Waals surface area contributed by atoms with Crippen LogP contribution < -0.4 is 15.8 Å². The summed E-state index contributed by atoms with van der Waals surface area (Å²) in [6, 6.07) is 23.1. The monoisotopic (exact) mass is 711 g/mol. The van der Waals surface area contributed by atoms with Crippen LogP contribution in [0.5, 0.6) is 5.75 Å². The number of nitro groups is 1. The molecule has 0 aliphatic carbocycles. The first-order valence-corrected chi connectivity index (χ1v) is 16.3. The summed E-state index contributed by atoms with van der Waals surface area (Å²) in [5, 5.41) is 23.0. The Balaban J connectivity index is 0.000000192. The number of ether oxygens (including phenoxy) is 3. The number of nitrogens with zero attached hydrogens (tertiary/aromatic N) is 2. The maximum absolute atomic E-state index is 12.3. The number of nitro benzene ring substituents is 1.